The van der Waals surface area contributed by atoms with Gasteiger partial charge in [-0.15, -0.1) is 0 Å². The van der Waals surface area contributed by atoms with Crippen LogP contribution >= 0.6 is 0 Å². The van der Waals surface area contributed by atoms with Crippen molar-refractivity contribution in [2.75, 3.05) is 26.4 Å². The minimum atomic E-state index is -2.31. The van der Waals surface area contributed by atoms with E-state index in [0.717, 1.165) is 0 Å². The number of carboxylic acid groups (broad SMARTS) is 4. The van der Waals surface area contributed by atoms with E-state index in [-0.39, 0.29) is 65.0 Å². The van der Waals surface area contributed by atoms with Gasteiger partial charge in [0, 0.05) is 0 Å². The first-order valence-electron chi connectivity index (χ1n) is 13.8. The molecule has 16 atom stereocenters. The van der Waals surface area contributed by atoms with Crippen molar-refractivity contribution < 1.29 is 142 Å². The van der Waals surface area contributed by atoms with E-state index in [9.17, 15) is 39.6 Å². The van der Waals surface area contributed by atoms with Crippen molar-refractivity contribution in [3.8, 4) is 0 Å². The molecule has 314 valence electrons. The van der Waals surface area contributed by atoms with Gasteiger partial charge in [-0.2, -0.15) is 0 Å². The van der Waals surface area contributed by atoms with Gasteiger partial charge in [-0.05, 0) is 0 Å². The Bertz CT molecular complexity index is 848. The van der Waals surface area contributed by atoms with Gasteiger partial charge < -0.3 is 142 Å². The van der Waals surface area contributed by atoms with Crippen molar-refractivity contribution in [1.29, 1.82) is 0 Å². The smallest absolute Gasteiger partial charge is 0.547 e. The Kier molecular flexibility index (Phi) is 41.4. The quantitative estimate of drug-likeness (QED) is 0.0504. The summed E-state index contributed by atoms with van der Waals surface area (Å²) in [6, 6.07) is 0. The van der Waals surface area contributed by atoms with Crippen molar-refractivity contribution in [2.45, 2.75) is 97.7 Å². The Balaban J connectivity index is -0.000000140. The van der Waals surface area contributed by atoms with Gasteiger partial charge in [-0.3, -0.25) is 0 Å². The number of aliphatic hydroxyl groups excluding tert-OH is 20. The molecule has 0 amide bonds. The fourth-order valence-corrected chi connectivity index (χ4v) is 2.65. The van der Waals surface area contributed by atoms with Gasteiger partial charge in [0.2, 0.25) is 0 Å². The Hall–Kier alpha value is -0.738. The molecular formula is C24H44CaO28Pb. The van der Waals surface area contributed by atoms with Crippen LogP contribution in [0.25, 0.3) is 0 Å². The summed E-state index contributed by atoms with van der Waals surface area (Å²) in [4.78, 5) is 39.9. The average Bonchev–Trinajstić information content (AvgIpc) is 3.12. The molecule has 0 heterocycles. The molecule has 0 bridgehead atoms. The van der Waals surface area contributed by atoms with Gasteiger partial charge in [-0.1, -0.05) is 0 Å². The van der Waals surface area contributed by atoms with E-state index in [2.05, 4.69) is 0 Å². The van der Waals surface area contributed by atoms with E-state index in [1.54, 1.807) is 0 Å². The first-order valence-corrected chi connectivity index (χ1v) is 13.8. The van der Waals surface area contributed by atoms with Gasteiger partial charge in [0.1, 0.15) is 97.7 Å². The zero-order valence-corrected chi connectivity index (χ0v) is 33.6. The third-order valence-electron chi connectivity index (χ3n) is 5.98. The fraction of sp³-hybridized carbons (Fsp3) is 0.833. The molecule has 0 saturated heterocycles. The normalized spacial score (nSPS) is 19.6. The number of aliphatic carboxylic acids is 4. The van der Waals surface area contributed by atoms with E-state index >= 15 is 0 Å². The molecule has 54 heavy (non-hydrogen) atoms. The maximum Gasteiger partial charge on any atom is 2.00 e. The number of carbonyl (C=O) groups excluding carboxylic acids is 4. The zero-order chi connectivity index (χ0) is 42.4. The first kappa shape index (κ1) is 65.1. The van der Waals surface area contributed by atoms with Gasteiger partial charge >= 0.3 is 65.0 Å². The van der Waals surface area contributed by atoms with Crippen LogP contribution in [0.15, 0.2) is 0 Å². The van der Waals surface area contributed by atoms with Crippen LogP contribution in [0.5, 0.6) is 0 Å². The van der Waals surface area contributed by atoms with Gasteiger partial charge in [0.05, 0.1) is 50.3 Å². The minimum absolute atomic E-state index is 0. The van der Waals surface area contributed by atoms with E-state index in [1.807, 2.05) is 0 Å². The molecule has 0 rings (SSSR count). The van der Waals surface area contributed by atoms with E-state index in [4.69, 9.17) is 102 Å². The van der Waals surface area contributed by atoms with Gasteiger partial charge in [0.15, 0.2) is 0 Å². The number of rotatable bonds is 20. The van der Waals surface area contributed by atoms with Crippen molar-refractivity contribution in [2.24, 2.45) is 0 Å². The van der Waals surface area contributed by atoms with Crippen LogP contribution in [0.4, 0.5) is 0 Å². The summed E-state index contributed by atoms with van der Waals surface area (Å²) in [7, 11) is 0. The van der Waals surface area contributed by atoms with Crippen molar-refractivity contribution in [3.63, 3.8) is 0 Å². The number of carboxylic acids is 4. The van der Waals surface area contributed by atoms with Gasteiger partial charge in [-0.25, -0.2) is 0 Å². The summed E-state index contributed by atoms with van der Waals surface area (Å²) in [6.07, 6.45) is -32.3. The van der Waals surface area contributed by atoms with Gasteiger partial charge in [0.25, 0.3) is 0 Å². The van der Waals surface area contributed by atoms with Crippen LogP contribution in [0.1, 0.15) is 0 Å². The van der Waals surface area contributed by atoms with Crippen LogP contribution in [0, 0.1) is 0 Å². The van der Waals surface area contributed by atoms with E-state index in [1.165, 1.54) is 0 Å². The van der Waals surface area contributed by atoms with E-state index in [0.29, 0.717) is 0 Å². The van der Waals surface area contributed by atoms with Crippen LogP contribution in [0.3, 0.4) is 0 Å². The average molecular weight is 1030 g/mol. The molecule has 0 fully saturated rings. The Morgan fingerprint density at radius 2 is 0.426 bits per heavy atom. The zero-order valence-electron chi connectivity index (χ0n) is 27.5. The predicted molar refractivity (Wildman–Crippen MR) is 156 cm³/mol. The van der Waals surface area contributed by atoms with Crippen molar-refractivity contribution >= 4 is 88.9 Å². The maximum absolute atomic E-state index is 9.98. The molecule has 0 aliphatic heterocycles. The molecule has 0 aliphatic carbocycles. The Morgan fingerprint density at radius 3 is 0.500 bits per heavy atom. The van der Waals surface area contributed by atoms with Crippen LogP contribution in [-0.4, -0.2) is 315 Å². The fourth-order valence-electron chi connectivity index (χ4n) is 2.65. The topological polar surface area (TPSA) is 565 Å². The molecule has 2 radical (unpaired) electrons. The molecule has 0 aromatic carbocycles. The summed E-state index contributed by atoms with van der Waals surface area (Å²) in [5.41, 5.74) is 0. The molecule has 0 aliphatic rings. The summed E-state index contributed by atoms with van der Waals surface area (Å²) in [6.45, 7) is -3.45. The SMILES string of the molecule is O=C([O-])C(O)C(O)C(O)C(O)CO.O=C([O-])C(O)C(O)C(O)C(O)CO.O=C([O-])C(O)C(O)C(O)C(O)CO.O=C([O-])C(O)C(O)C(O)C(O)CO.[Ca+2].[Pb+2]. The molecule has 30 heteroatoms. The Morgan fingerprint density at radius 1 is 0.315 bits per heavy atom. The molecular weight excluding hydrogens is 984 g/mol. The van der Waals surface area contributed by atoms with Crippen LogP contribution < -0.4 is 20.4 Å². The van der Waals surface area contributed by atoms with E-state index < -0.39 is 148 Å². The molecule has 28 nitrogen and oxygen atoms in total. The third-order valence-corrected chi connectivity index (χ3v) is 5.98. The van der Waals surface area contributed by atoms with Crippen LogP contribution in [0.2, 0.25) is 0 Å². The molecule has 16 unspecified atom stereocenters. The largest absolute Gasteiger partial charge is 2.00 e. The van der Waals surface area contributed by atoms with Crippen molar-refractivity contribution in [1.82, 2.24) is 0 Å². The number of hydrogen-bond acceptors (Lipinski definition) is 28. The number of hydrogen-bond donors (Lipinski definition) is 20. The molecule has 0 aromatic rings. The molecule has 0 saturated carbocycles. The number of aliphatic hydroxyl groups is 20. The summed E-state index contributed by atoms with van der Waals surface area (Å²) in [5.74, 6) is -7.90. The van der Waals surface area contributed by atoms with Crippen molar-refractivity contribution in [3.05, 3.63) is 0 Å². The summed E-state index contributed by atoms with van der Waals surface area (Å²) in [5, 5.41) is 214. The third kappa shape index (κ3) is 25.5. The molecule has 0 aromatic heterocycles. The standard InChI is InChI=1S/4C6H12O7.Ca.Pb/c4*7-1-2(8)3(9)4(10)5(11)6(12)13;;/h4*2-5,7-11H,1H2,(H,12,13);;/q;;;;2*+2/p-4. The maximum atomic E-state index is 9.98. The first-order chi connectivity index (χ1) is 23.7. The predicted octanol–water partition coefficient (Wildman–Crippen LogP) is -20.1. The second-order valence-electron chi connectivity index (χ2n) is 9.98. The second-order valence-corrected chi connectivity index (χ2v) is 9.98. The summed E-state index contributed by atoms with van der Waals surface area (Å²) < 4.78 is 0. The monoisotopic (exact) mass is 1030 g/mol. The Labute approximate surface area is 352 Å². The molecule has 20 N–H and O–H groups in total. The number of carbonyl (C=O) groups is 4. The minimum Gasteiger partial charge on any atom is -0.547 e. The molecule has 0 spiro atoms. The second kappa shape index (κ2) is 34.3. The van der Waals surface area contributed by atoms with Crippen LogP contribution in [-0.2, 0) is 19.2 Å². The summed E-state index contributed by atoms with van der Waals surface area (Å²) >= 11 is 0.